The summed E-state index contributed by atoms with van der Waals surface area (Å²) >= 11 is 0. The molecule has 1 atom stereocenters. The first-order chi connectivity index (χ1) is 7.72. The lowest BCUT2D eigenvalue weighted by atomic mass is 10.0. The SMILES string of the molecule is COCCCC(N)CCc1cccc(C)c1. The van der Waals surface area contributed by atoms with E-state index in [1.165, 1.54) is 11.1 Å². The van der Waals surface area contributed by atoms with Crippen LogP contribution in [0.2, 0.25) is 0 Å². The van der Waals surface area contributed by atoms with E-state index in [0.717, 1.165) is 32.3 Å². The molecule has 0 heterocycles. The van der Waals surface area contributed by atoms with Gasteiger partial charge in [0, 0.05) is 19.8 Å². The molecule has 0 aliphatic carbocycles. The van der Waals surface area contributed by atoms with Crippen LogP contribution in [0.5, 0.6) is 0 Å². The van der Waals surface area contributed by atoms with E-state index >= 15 is 0 Å². The number of hydrogen-bond acceptors (Lipinski definition) is 2. The summed E-state index contributed by atoms with van der Waals surface area (Å²) in [6.07, 6.45) is 4.26. The number of nitrogens with two attached hydrogens (primary N) is 1. The van der Waals surface area contributed by atoms with Crippen LogP contribution in [0.3, 0.4) is 0 Å². The molecule has 2 nitrogen and oxygen atoms in total. The van der Waals surface area contributed by atoms with E-state index in [0.29, 0.717) is 6.04 Å². The van der Waals surface area contributed by atoms with E-state index in [9.17, 15) is 0 Å². The first-order valence-corrected chi connectivity index (χ1v) is 6.02. The molecule has 0 aliphatic heterocycles. The topological polar surface area (TPSA) is 35.2 Å². The predicted octanol–water partition coefficient (Wildman–Crippen LogP) is 2.68. The molecule has 2 heteroatoms. The molecule has 1 aromatic rings. The number of benzene rings is 1. The number of rotatable bonds is 7. The summed E-state index contributed by atoms with van der Waals surface area (Å²) in [7, 11) is 1.73. The van der Waals surface area contributed by atoms with Crippen molar-refractivity contribution in [2.45, 2.75) is 38.6 Å². The normalized spacial score (nSPS) is 12.7. The summed E-state index contributed by atoms with van der Waals surface area (Å²) < 4.78 is 5.02. The first kappa shape index (κ1) is 13.2. The average Bonchev–Trinajstić information content (AvgIpc) is 2.27. The van der Waals surface area contributed by atoms with Gasteiger partial charge >= 0.3 is 0 Å². The van der Waals surface area contributed by atoms with Crippen LogP contribution in [0.1, 0.15) is 30.4 Å². The lowest BCUT2D eigenvalue weighted by molar-refractivity contribution is 0.190. The molecule has 0 spiro atoms. The van der Waals surface area contributed by atoms with Crippen LogP contribution in [0.4, 0.5) is 0 Å². The Bertz CT molecular complexity index is 299. The largest absolute Gasteiger partial charge is 0.385 e. The van der Waals surface area contributed by atoms with Crippen LogP contribution in [-0.4, -0.2) is 19.8 Å². The zero-order valence-corrected chi connectivity index (χ0v) is 10.4. The fraction of sp³-hybridized carbons (Fsp3) is 0.571. The second kappa shape index (κ2) is 7.42. The highest BCUT2D eigenvalue weighted by Gasteiger charge is 2.03. The molecule has 1 unspecified atom stereocenters. The van der Waals surface area contributed by atoms with Crippen molar-refractivity contribution in [3.05, 3.63) is 35.4 Å². The minimum Gasteiger partial charge on any atom is -0.385 e. The maximum Gasteiger partial charge on any atom is 0.0462 e. The Labute approximate surface area is 98.8 Å². The summed E-state index contributed by atoms with van der Waals surface area (Å²) in [5, 5.41) is 0. The second-order valence-electron chi connectivity index (χ2n) is 4.42. The Hall–Kier alpha value is -0.860. The Balaban J connectivity index is 2.23. The molecule has 0 amide bonds. The predicted molar refractivity (Wildman–Crippen MR) is 68.6 cm³/mol. The van der Waals surface area contributed by atoms with Gasteiger partial charge in [-0.1, -0.05) is 29.8 Å². The van der Waals surface area contributed by atoms with Crippen LogP contribution in [0, 0.1) is 6.92 Å². The zero-order valence-electron chi connectivity index (χ0n) is 10.4. The highest BCUT2D eigenvalue weighted by Crippen LogP contribution is 2.09. The van der Waals surface area contributed by atoms with Gasteiger partial charge in [0.1, 0.15) is 0 Å². The summed E-state index contributed by atoms with van der Waals surface area (Å²) in [4.78, 5) is 0. The number of ether oxygens (including phenoxy) is 1. The van der Waals surface area contributed by atoms with E-state index in [-0.39, 0.29) is 0 Å². The lowest BCUT2D eigenvalue weighted by Crippen LogP contribution is -2.21. The van der Waals surface area contributed by atoms with Crippen molar-refractivity contribution in [1.29, 1.82) is 0 Å². The molecule has 2 N–H and O–H groups in total. The highest BCUT2D eigenvalue weighted by molar-refractivity contribution is 5.22. The van der Waals surface area contributed by atoms with E-state index in [2.05, 4.69) is 31.2 Å². The molecule has 0 fully saturated rings. The van der Waals surface area contributed by atoms with Gasteiger partial charge in [-0.25, -0.2) is 0 Å². The fourth-order valence-electron chi connectivity index (χ4n) is 1.85. The minimum atomic E-state index is 0.302. The van der Waals surface area contributed by atoms with Gasteiger partial charge in [-0.3, -0.25) is 0 Å². The van der Waals surface area contributed by atoms with E-state index < -0.39 is 0 Å². The van der Waals surface area contributed by atoms with Crippen molar-refractivity contribution in [3.8, 4) is 0 Å². The van der Waals surface area contributed by atoms with E-state index in [1.54, 1.807) is 7.11 Å². The monoisotopic (exact) mass is 221 g/mol. The summed E-state index contributed by atoms with van der Waals surface area (Å²) in [5.41, 5.74) is 8.76. The Morgan fingerprint density at radius 3 is 2.81 bits per heavy atom. The molecule has 1 aromatic carbocycles. The van der Waals surface area contributed by atoms with Gasteiger partial charge < -0.3 is 10.5 Å². The van der Waals surface area contributed by atoms with E-state index in [4.69, 9.17) is 10.5 Å². The quantitative estimate of drug-likeness (QED) is 0.718. The maximum atomic E-state index is 6.04. The van der Waals surface area contributed by atoms with Crippen LogP contribution in [0.15, 0.2) is 24.3 Å². The van der Waals surface area contributed by atoms with Crippen LogP contribution >= 0.6 is 0 Å². The lowest BCUT2D eigenvalue weighted by Gasteiger charge is -2.11. The van der Waals surface area contributed by atoms with Crippen LogP contribution in [0.25, 0.3) is 0 Å². The van der Waals surface area contributed by atoms with Crippen molar-refractivity contribution >= 4 is 0 Å². The third kappa shape index (κ3) is 5.29. The Morgan fingerprint density at radius 1 is 1.31 bits per heavy atom. The van der Waals surface area contributed by atoms with E-state index in [1.807, 2.05) is 0 Å². The number of methoxy groups -OCH3 is 1. The van der Waals surface area contributed by atoms with Crippen LogP contribution in [-0.2, 0) is 11.2 Å². The van der Waals surface area contributed by atoms with Gasteiger partial charge in [0.2, 0.25) is 0 Å². The molecule has 0 saturated carbocycles. The standard InChI is InChI=1S/C14H23NO/c1-12-5-3-6-13(11-12)8-9-14(15)7-4-10-16-2/h3,5-6,11,14H,4,7-10,15H2,1-2H3. The third-order valence-corrected chi connectivity index (χ3v) is 2.81. The Morgan fingerprint density at radius 2 is 2.12 bits per heavy atom. The van der Waals surface area contributed by atoms with Gasteiger partial charge in [-0.2, -0.15) is 0 Å². The summed E-state index contributed by atoms with van der Waals surface area (Å²) in [6, 6.07) is 8.95. The number of hydrogen-bond donors (Lipinski definition) is 1. The van der Waals surface area contributed by atoms with Crippen molar-refractivity contribution < 1.29 is 4.74 Å². The Kier molecular flexibility index (Phi) is 6.12. The first-order valence-electron chi connectivity index (χ1n) is 6.02. The number of aryl methyl sites for hydroxylation is 2. The molecule has 0 bridgehead atoms. The fourth-order valence-corrected chi connectivity index (χ4v) is 1.85. The summed E-state index contributed by atoms with van der Waals surface area (Å²) in [5.74, 6) is 0. The molecule has 0 aromatic heterocycles. The minimum absolute atomic E-state index is 0.302. The molecular weight excluding hydrogens is 198 g/mol. The molecular formula is C14H23NO. The summed E-state index contributed by atoms with van der Waals surface area (Å²) in [6.45, 7) is 2.94. The molecule has 0 aliphatic rings. The zero-order chi connectivity index (χ0) is 11.8. The molecule has 90 valence electrons. The maximum absolute atomic E-state index is 6.04. The van der Waals surface area contributed by atoms with Crippen molar-refractivity contribution in [1.82, 2.24) is 0 Å². The van der Waals surface area contributed by atoms with Crippen molar-refractivity contribution in [3.63, 3.8) is 0 Å². The smallest absolute Gasteiger partial charge is 0.0462 e. The van der Waals surface area contributed by atoms with Gasteiger partial charge in [0.15, 0.2) is 0 Å². The van der Waals surface area contributed by atoms with Gasteiger partial charge in [0.25, 0.3) is 0 Å². The molecule has 1 rings (SSSR count). The molecule has 0 saturated heterocycles. The van der Waals surface area contributed by atoms with Gasteiger partial charge in [-0.05, 0) is 38.2 Å². The second-order valence-corrected chi connectivity index (χ2v) is 4.42. The third-order valence-electron chi connectivity index (χ3n) is 2.81. The molecule has 0 radical (unpaired) electrons. The van der Waals surface area contributed by atoms with Gasteiger partial charge in [0.05, 0.1) is 0 Å². The molecule has 16 heavy (non-hydrogen) atoms. The van der Waals surface area contributed by atoms with Crippen molar-refractivity contribution in [2.75, 3.05) is 13.7 Å². The average molecular weight is 221 g/mol. The highest BCUT2D eigenvalue weighted by atomic mass is 16.5. The van der Waals surface area contributed by atoms with Crippen molar-refractivity contribution in [2.24, 2.45) is 5.73 Å². The van der Waals surface area contributed by atoms with Crippen LogP contribution < -0.4 is 5.73 Å². The van der Waals surface area contributed by atoms with Gasteiger partial charge in [-0.15, -0.1) is 0 Å².